The summed E-state index contributed by atoms with van der Waals surface area (Å²) < 4.78 is 0. The molecule has 0 amide bonds. The first-order valence-electron chi connectivity index (χ1n) is 7.94. The summed E-state index contributed by atoms with van der Waals surface area (Å²) in [6.07, 6.45) is 18.0. The summed E-state index contributed by atoms with van der Waals surface area (Å²) in [5.74, 6) is 4.62. The SMILES string of the molecule is CCCC1[CH][CH]C(C)C1.CCC[C]1[CH][CH][C](C)[CH]1.[Cl][Zr][Cl]. The van der Waals surface area contributed by atoms with E-state index in [4.69, 9.17) is 17.0 Å². The monoisotopic (exact) mass is 405 g/mol. The summed E-state index contributed by atoms with van der Waals surface area (Å²) >= 11 is -0.826. The third kappa shape index (κ3) is 12.5. The van der Waals surface area contributed by atoms with Crippen molar-refractivity contribution in [2.45, 2.75) is 59.8 Å². The van der Waals surface area contributed by atoms with Gasteiger partial charge in [0.2, 0.25) is 0 Å². The van der Waals surface area contributed by atoms with E-state index >= 15 is 0 Å². The van der Waals surface area contributed by atoms with Crippen LogP contribution in [-0.4, -0.2) is 0 Å². The summed E-state index contributed by atoms with van der Waals surface area (Å²) in [6.45, 7) is 8.91. The number of hydrogen-bond acceptors (Lipinski definition) is 0. The van der Waals surface area contributed by atoms with Crippen LogP contribution in [0.3, 0.4) is 0 Å². The fourth-order valence-electron chi connectivity index (χ4n) is 2.64. The predicted molar refractivity (Wildman–Crippen MR) is 92.5 cm³/mol. The van der Waals surface area contributed by atoms with Crippen LogP contribution in [0.2, 0.25) is 0 Å². The molecule has 2 fully saturated rings. The van der Waals surface area contributed by atoms with Crippen LogP contribution in [0.15, 0.2) is 0 Å². The van der Waals surface area contributed by atoms with Gasteiger partial charge in [-0.05, 0) is 68.6 Å². The van der Waals surface area contributed by atoms with E-state index in [9.17, 15) is 0 Å². The van der Waals surface area contributed by atoms with Crippen molar-refractivity contribution in [1.82, 2.24) is 0 Å². The molecule has 2 aliphatic carbocycles. The van der Waals surface area contributed by atoms with Gasteiger partial charge in [-0.15, -0.1) is 0 Å². The van der Waals surface area contributed by atoms with Gasteiger partial charge in [0.15, 0.2) is 0 Å². The molecule has 0 spiro atoms. The Labute approximate surface area is 152 Å². The Morgan fingerprint density at radius 1 is 1.14 bits per heavy atom. The van der Waals surface area contributed by atoms with Gasteiger partial charge in [-0.25, -0.2) is 0 Å². The molecule has 0 saturated heterocycles. The Hall–Kier alpha value is 1.46. The van der Waals surface area contributed by atoms with Crippen molar-refractivity contribution in [2.24, 2.45) is 11.8 Å². The molecule has 0 aliphatic heterocycles. The quantitative estimate of drug-likeness (QED) is 0.480. The van der Waals surface area contributed by atoms with E-state index in [2.05, 4.69) is 59.8 Å². The standard InChI is InChI=1S/C9H16.C9H13.2ClH.Zr/c2*1-3-4-9-6-5-8(2)7-9;;;/h5-6,8-9H,3-4,7H2,1-2H3;5-7H,3-4H2,1-2H3;2*1H;/q;;;;+2/p-2. The average Bonchev–Trinajstić information content (AvgIpc) is 3.02. The summed E-state index contributed by atoms with van der Waals surface area (Å²) in [5.41, 5.74) is 0. The van der Waals surface area contributed by atoms with Crippen LogP contribution in [0.5, 0.6) is 0 Å². The summed E-state index contributed by atoms with van der Waals surface area (Å²) in [6, 6.07) is 0. The molecule has 2 atom stereocenters. The van der Waals surface area contributed by atoms with Gasteiger partial charge in [0.05, 0.1) is 0 Å². The molecule has 0 aromatic rings. The molecule has 0 heterocycles. The fourth-order valence-corrected chi connectivity index (χ4v) is 2.64. The molecule has 2 saturated carbocycles. The zero-order valence-electron chi connectivity index (χ0n) is 13.8. The summed E-state index contributed by atoms with van der Waals surface area (Å²) in [7, 11) is 9.87. The Bertz CT molecular complexity index is 197. The molecular weight excluding hydrogens is 378 g/mol. The number of halogens is 2. The number of hydrogen-bond donors (Lipinski definition) is 0. The van der Waals surface area contributed by atoms with Crippen molar-refractivity contribution < 1.29 is 20.8 Å². The Morgan fingerprint density at radius 2 is 1.81 bits per heavy atom. The molecule has 2 unspecified atom stereocenters. The summed E-state index contributed by atoms with van der Waals surface area (Å²) in [5, 5.41) is 0. The second-order valence-electron chi connectivity index (χ2n) is 5.76. The second kappa shape index (κ2) is 15.0. The van der Waals surface area contributed by atoms with Crippen LogP contribution in [0.1, 0.15) is 59.8 Å². The van der Waals surface area contributed by atoms with Crippen molar-refractivity contribution in [2.75, 3.05) is 0 Å². The Morgan fingerprint density at radius 3 is 2.19 bits per heavy atom. The average molecular weight is 408 g/mol. The molecule has 2 rings (SSSR count). The van der Waals surface area contributed by atoms with Crippen LogP contribution in [0.25, 0.3) is 0 Å². The van der Waals surface area contributed by atoms with Gasteiger partial charge in [-0.3, -0.25) is 0 Å². The first kappa shape index (κ1) is 22.5. The minimum atomic E-state index is -0.826. The van der Waals surface area contributed by atoms with E-state index in [1.165, 1.54) is 43.9 Å². The molecule has 0 aromatic carbocycles. The molecule has 0 N–H and O–H groups in total. The van der Waals surface area contributed by atoms with Crippen molar-refractivity contribution in [3.05, 3.63) is 43.9 Å². The normalized spacial score (nSPS) is 25.8. The predicted octanol–water partition coefficient (Wildman–Crippen LogP) is 6.81. The molecule has 2 aliphatic rings. The van der Waals surface area contributed by atoms with E-state index in [0.29, 0.717) is 0 Å². The molecular formula is C18H29Cl2Zr. The van der Waals surface area contributed by atoms with Crippen LogP contribution in [-0.2, 0) is 20.8 Å². The second-order valence-corrected chi connectivity index (χ2v) is 9.50. The van der Waals surface area contributed by atoms with E-state index in [-0.39, 0.29) is 0 Å². The fraction of sp³-hybridized carbons (Fsp3) is 0.611. The number of rotatable bonds is 4. The van der Waals surface area contributed by atoms with Crippen LogP contribution in [0.4, 0.5) is 0 Å². The van der Waals surface area contributed by atoms with Crippen LogP contribution < -0.4 is 0 Å². The molecule has 21 heavy (non-hydrogen) atoms. The zero-order chi connectivity index (χ0) is 16.1. The van der Waals surface area contributed by atoms with Gasteiger partial charge >= 0.3 is 37.9 Å². The van der Waals surface area contributed by atoms with Crippen LogP contribution >= 0.6 is 17.0 Å². The van der Waals surface area contributed by atoms with E-state index in [0.717, 1.165) is 11.8 Å². The molecule has 0 aromatic heterocycles. The molecule has 0 nitrogen and oxygen atoms in total. The topological polar surface area (TPSA) is 0 Å². The molecule has 7 radical (unpaired) electrons. The van der Waals surface area contributed by atoms with Gasteiger partial charge in [-0.1, -0.05) is 47.0 Å². The maximum absolute atomic E-state index is 4.93. The van der Waals surface area contributed by atoms with Gasteiger partial charge in [0.25, 0.3) is 0 Å². The molecule has 0 bridgehead atoms. The first-order valence-corrected chi connectivity index (χ1v) is 14.3. The Balaban J connectivity index is 0.000000322. The van der Waals surface area contributed by atoms with E-state index < -0.39 is 20.8 Å². The van der Waals surface area contributed by atoms with Gasteiger partial charge < -0.3 is 0 Å². The maximum atomic E-state index is 4.93. The minimum absolute atomic E-state index is 0.826. The van der Waals surface area contributed by atoms with E-state index in [1.807, 2.05) is 0 Å². The summed E-state index contributed by atoms with van der Waals surface area (Å²) in [4.78, 5) is 0. The Kier molecular flexibility index (Phi) is 16.1. The molecule has 3 heteroatoms. The van der Waals surface area contributed by atoms with Crippen molar-refractivity contribution in [1.29, 1.82) is 0 Å². The van der Waals surface area contributed by atoms with Crippen molar-refractivity contribution in [3.8, 4) is 0 Å². The van der Waals surface area contributed by atoms with Gasteiger partial charge in [0.1, 0.15) is 0 Å². The first-order chi connectivity index (χ1) is 10.1. The third-order valence-corrected chi connectivity index (χ3v) is 3.56. The zero-order valence-corrected chi connectivity index (χ0v) is 17.8. The molecule has 119 valence electrons. The van der Waals surface area contributed by atoms with Crippen molar-refractivity contribution in [3.63, 3.8) is 0 Å². The third-order valence-electron chi connectivity index (χ3n) is 3.56. The van der Waals surface area contributed by atoms with Crippen molar-refractivity contribution >= 4 is 17.0 Å². The van der Waals surface area contributed by atoms with E-state index in [1.54, 1.807) is 0 Å². The van der Waals surface area contributed by atoms with Gasteiger partial charge in [0, 0.05) is 0 Å². The van der Waals surface area contributed by atoms with Crippen LogP contribution in [0, 0.1) is 55.8 Å². The van der Waals surface area contributed by atoms with Gasteiger partial charge in [-0.2, -0.15) is 0 Å².